The predicted molar refractivity (Wildman–Crippen MR) is 62.0 cm³/mol. The lowest BCUT2D eigenvalue weighted by atomic mass is 9.94. The van der Waals surface area contributed by atoms with Crippen molar-refractivity contribution in [3.8, 4) is 0 Å². The van der Waals surface area contributed by atoms with E-state index in [1.807, 2.05) is 6.92 Å². The van der Waals surface area contributed by atoms with Crippen molar-refractivity contribution < 1.29 is 13.2 Å². The molecule has 0 aromatic carbocycles. The Balaban J connectivity index is 2.17. The number of rotatable bonds is 3. The Hall–Kier alpha value is -0.920. The molecule has 0 aliphatic carbocycles. The van der Waals surface area contributed by atoms with Crippen LogP contribution in [0.4, 0.5) is 0 Å². The van der Waals surface area contributed by atoms with E-state index >= 15 is 0 Å². The highest BCUT2D eigenvalue weighted by molar-refractivity contribution is 7.89. The molecule has 1 saturated heterocycles. The molecule has 6 nitrogen and oxygen atoms in total. The first-order valence-corrected chi connectivity index (χ1v) is 6.99. The number of hydrogen-bond acceptors (Lipinski definition) is 4. The number of sulfonamides is 1. The summed E-state index contributed by atoms with van der Waals surface area (Å²) in [6.07, 6.45) is 4.32. The molecule has 1 fully saturated rings. The van der Waals surface area contributed by atoms with Crippen LogP contribution in [0.1, 0.15) is 19.8 Å². The molecule has 1 aliphatic rings. The van der Waals surface area contributed by atoms with E-state index in [0.717, 1.165) is 0 Å². The summed E-state index contributed by atoms with van der Waals surface area (Å²) in [6.45, 7) is 3.07. The van der Waals surface area contributed by atoms with Gasteiger partial charge in [-0.05, 0) is 19.8 Å². The van der Waals surface area contributed by atoms with Gasteiger partial charge in [-0.3, -0.25) is 0 Å². The van der Waals surface area contributed by atoms with Gasteiger partial charge in [0.1, 0.15) is 0 Å². The summed E-state index contributed by atoms with van der Waals surface area (Å²) >= 11 is 0. The molecule has 0 amide bonds. The number of ether oxygens (including phenoxy) is 1. The minimum absolute atomic E-state index is 0.0627. The van der Waals surface area contributed by atoms with Crippen LogP contribution in [0.15, 0.2) is 17.6 Å². The fraction of sp³-hybridized carbons (Fsp3) is 0.700. The van der Waals surface area contributed by atoms with Gasteiger partial charge in [-0.15, -0.1) is 0 Å². The third-order valence-corrected chi connectivity index (χ3v) is 4.46. The Morgan fingerprint density at radius 2 is 2.12 bits per heavy atom. The minimum Gasteiger partial charge on any atom is -0.381 e. The number of aryl methyl sites for hydroxylation is 1. The van der Waals surface area contributed by atoms with Crippen molar-refractivity contribution in [3.05, 3.63) is 12.5 Å². The van der Waals surface area contributed by atoms with Gasteiger partial charge in [0.05, 0.1) is 6.33 Å². The molecule has 7 heteroatoms. The predicted octanol–water partition coefficient (Wildman–Crippen LogP) is 0.267. The number of aromatic nitrogens is 2. The summed E-state index contributed by atoms with van der Waals surface area (Å²) < 4.78 is 33.7. The van der Waals surface area contributed by atoms with Crippen molar-refractivity contribution in [2.24, 2.45) is 7.05 Å². The normalized spacial score (nSPS) is 20.4. The Morgan fingerprint density at radius 3 is 2.65 bits per heavy atom. The highest BCUT2D eigenvalue weighted by Crippen LogP contribution is 2.22. The van der Waals surface area contributed by atoms with Gasteiger partial charge in [-0.2, -0.15) is 0 Å². The summed E-state index contributed by atoms with van der Waals surface area (Å²) in [5.74, 6) is 0. The van der Waals surface area contributed by atoms with E-state index < -0.39 is 15.6 Å². The van der Waals surface area contributed by atoms with Gasteiger partial charge in [0.25, 0.3) is 10.0 Å². The van der Waals surface area contributed by atoms with Gasteiger partial charge in [0.15, 0.2) is 5.03 Å². The summed E-state index contributed by atoms with van der Waals surface area (Å²) in [5.41, 5.74) is -0.436. The van der Waals surface area contributed by atoms with E-state index in [0.29, 0.717) is 26.1 Å². The zero-order chi connectivity index (χ0) is 12.5. The Kier molecular flexibility index (Phi) is 3.24. The van der Waals surface area contributed by atoms with Gasteiger partial charge in [0, 0.05) is 32.0 Å². The monoisotopic (exact) mass is 259 g/mol. The van der Waals surface area contributed by atoms with Crippen LogP contribution in [0.5, 0.6) is 0 Å². The molecular weight excluding hydrogens is 242 g/mol. The first-order valence-electron chi connectivity index (χ1n) is 5.51. The zero-order valence-electron chi connectivity index (χ0n) is 10.0. The topological polar surface area (TPSA) is 73.2 Å². The molecule has 2 heterocycles. The molecular formula is C10H17N3O3S. The largest absolute Gasteiger partial charge is 0.381 e. The lowest BCUT2D eigenvalue weighted by Gasteiger charge is -2.33. The SMILES string of the molecule is Cn1cnc(S(=O)(=O)NC2(C)CCOCC2)c1. The molecule has 0 radical (unpaired) electrons. The smallest absolute Gasteiger partial charge is 0.260 e. The summed E-state index contributed by atoms with van der Waals surface area (Å²) in [4.78, 5) is 3.87. The molecule has 17 heavy (non-hydrogen) atoms. The van der Waals surface area contributed by atoms with Crippen LogP contribution in [-0.4, -0.2) is 36.7 Å². The first-order chi connectivity index (χ1) is 7.91. The van der Waals surface area contributed by atoms with Crippen molar-refractivity contribution in [2.45, 2.75) is 30.3 Å². The second kappa shape index (κ2) is 4.40. The molecule has 1 aliphatic heterocycles. The first kappa shape index (κ1) is 12.5. The van der Waals surface area contributed by atoms with Crippen molar-refractivity contribution in [2.75, 3.05) is 13.2 Å². The molecule has 0 atom stereocenters. The average molecular weight is 259 g/mol. The van der Waals surface area contributed by atoms with Crippen LogP contribution in [0.2, 0.25) is 0 Å². The van der Waals surface area contributed by atoms with E-state index in [9.17, 15) is 8.42 Å². The third-order valence-electron chi connectivity index (χ3n) is 2.93. The summed E-state index contributed by atoms with van der Waals surface area (Å²) in [7, 11) is -1.80. The van der Waals surface area contributed by atoms with Gasteiger partial charge < -0.3 is 9.30 Å². The second-order valence-corrected chi connectivity index (χ2v) is 6.29. The molecule has 1 aromatic rings. The van der Waals surface area contributed by atoms with Crippen LogP contribution < -0.4 is 4.72 Å². The maximum atomic E-state index is 12.1. The highest BCUT2D eigenvalue weighted by atomic mass is 32.2. The fourth-order valence-corrected chi connectivity index (χ4v) is 3.28. The van der Waals surface area contributed by atoms with Gasteiger partial charge >= 0.3 is 0 Å². The van der Waals surface area contributed by atoms with Crippen molar-refractivity contribution in [1.29, 1.82) is 0 Å². The second-order valence-electron chi connectivity index (χ2n) is 4.66. The molecule has 1 N–H and O–H groups in total. The van der Waals surface area contributed by atoms with Crippen LogP contribution in [0, 0.1) is 0 Å². The van der Waals surface area contributed by atoms with Crippen LogP contribution in [0.3, 0.4) is 0 Å². The van der Waals surface area contributed by atoms with Crippen LogP contribution in [0.25, 0.3) is 0 Å². The van der Waals surface area contributed by atoms with Crippen LogP contribution >= 0.6 is 0 Å². The Labute approximate surface area is 101 Å². The molecule has 1 aromatic heterocycles. The lowest BCUT2D eigenvalue weighted by Crippen LogP contribution is -2.49. The lowest BCUT2D eigenvalue weighted by molar-refractivity contribution is 0.0537. The molecule has 0 spiro atoms. The molecule has 0 bridgehead atoms. The van der Waals surface area contributed by atoms with E-state index in [2.05, 4.69) is 9.71 Å². The van der Waals surface area contributed by atoms with E-state index in [1.54, 1.807) is 11.6 Å². The number of nitrogens with zero attached hydrogens (tertiary/aromatic N) is 2. The van der Waals surface area contributed by atoms with Gasteiger partial charge in [-0.25, -0.2) is 18.1 Å². The van der Waals surface area contributed by atoms with Crippen molar-refractivity contribution in [1.82, 2.24) is 14.3 Å². The number of hydrogen-bond donors (Lipinski definition) is 1. The third kappa shape index (κ3) is 2.85. The molecule has 0 unspecified atom stereocenters. The van der Waals surface area contributed by atoms with Gasteiger partial charge in [0.2, 0.25) is 0 Å². The van der Waals surface area contributed by atoms with Crippen LogP contribution in [-0.2, 0) is 21.8 Å². The summed E-state index contributed by atoms with van der Waals surface area (Å²) in [6, 6.07) is 0. The molecule has 0 saturated carbocycles. The summed E-state index contributed by atoms with van der Waals surface area (Å²) in [5, 5.41) is 0.0627. The maximum Gasteiger partial charge on any atom is 0.260 e. The minimum atomic E-state index is -3.54. The maximum absolute atomic E-state index is 12.1. The van der Waals surface area contributed by atoms with Crippen molar-refractivity contribution >= 4 is 10.0 Å². The fourth-order valence-electron chi connectivity index (χ4n) is 1.83. The molecule has 2 rings (SSSR count). The van der Waals surface area contributed by atoms with E-state index in [1.165, 1.54) is 12.5 Å². The van der Waals surface area contributed by atoms with E-state index in [-0.39, 0.29) is 5.03 Å². The highest BCUT2D eigenvalue weighted by Gasteiger charge is 2.33. The number of nitrogens with one attached hydrogen (secondary N) is 1. The zero-order valence-corrected chi connectivity index (χ0v) is 10.8. The Morgan fingerprint density at radius 1 is 1.47 bits per heavy atom. The Bertz CT molecular complexity index is 489. The molecule has 96 valence electrons. The average Bonchev–Trinajstić information content (AvgIpc) is 2.65. The quantitative estimate of drug-likeness (QED) is 0.845. The number of imidazole rings is 1. The van der Waals surface area contributed by atoms with Crippen molar-refractivity contribution in [3.63, 3.8) is 0 Å². The standard InChI is InChI=1S/C10H17N3O3S/c1-10(3-5-16-6-4-10)12-17(14,15)9-7-13(2)8-11-9/h7-8,12H,3-6H2,1-2H3. The van der Waals surface area contributed by atoms with Gasteiger partial charge in [-0.1, -0.05) is 0 Å². The van der Waals surface area contributed by atoms with E-state index in [4.69, 9.17) is 4.74 Å².